The first-order chi connectivity index (χ1) is 16.6. The molecule has 0 heterocycles. The highest BCUT2D eigenvalue weighted by atomic mass is 32.3. The van der Waals surface area contributed by atoms with Crippen LogP contribution in [0.25, 0.3) is 10.8 Å². The standard InChI is InChI=1S/C18H15N3O12S3/c1-2-32-36(30,31)33-35(28,29)13-6-7-15(16(10-13)21(23)24)19-20-18-14-9-12(34(25,26)27)5-3-11(14)4-8-17(18)22/h3-10,22H,2H2,1H3,(H,25,26,27)/p+1. The minimum absolute atomic E-state index is 0. The van der Waals surface area contributed by atoms with Crippen molar-refractivity contribution < 1.29 is 49.1 Å². The van der Waals surface area contributed by atoms with Gasteiger partial charge in [-0.3, -0.25) is 14.7 Å². The molecule has 192 valence electrons. The summed E-state index contributed by atoms with van der Waals surface area (Å²) in [6.07, 6.45) is 0. The lowest BCUT2D eigenvalue weighted by Gasteiger charge is -2.07. The number of benzene rings is 3. The van der Waals surface area contributed by atoms with Crippen molar-refractivity contribution in [3.63, 3.8) is 0 Å². The molecule has 3 aromatic carbocycles. The molecule has 0 amide bonds. The number of fused-ring (bicyclic) bond motifs is 1. The average molecular weight is 563 g/mol. The van der Waals surface area contributed by atoms with Crippen molar-refractivity contribution in [3.8, 4) is 5.75 Å². The third-order valence-corrected chi connectivity index (χ3v) is 7.95. The van der Waals surface area contributed by atoms with Gasteiger partial charge in [0, 0.05) is 11.5 Å². The topological polar surface area (TPSA) is 229 Å². The van der Waals surface area contributed by atoms with Gasteiger partial charge in [0.25, 0.3) is 15.8 Å². The molecule has 15 nitrogen and oxygen atoms in total. The zero-order chi connectivity index (χ0) is 26.9. The van der Waals surface area contributed by atoms with Crippen molar-refractivity contribution in [2.24, 2.45) is 10.2 Å². The second-order valence-corrected chi connectivity index (χ2v) is 11.1. The number of phenols is 1. The fourth-order valence-corrected chi connectivity index (χ4v) is 5.48. The van der Waals surface area contributed by atoms with Gasteiger partial charge in [0.15, 0.2) is 5.69 Å². The summed E-state index contributed by atoms with van der Waals surface area (Å²) in [5.74, 6) is -0.491. The number of nitro benzene ring substituents is 1. The Morgan fingerprint density at radius 2 is 1.61 bits per heavy atom. The number of hydrogen-bond donors (Lipinski definition) is 2. The van der Waals surface area contributed by atoms with E-state index < -0.39 is 69.1 Å². The number of azo groups is 1. The largest absolute Gasteiger partial charge is 1.00 e. The van der Waals surface area contributed by atoms with E-state index in [-0.39, 0.29) is 12.5 Å². The predicted molar refractivity (Wildman–Crippen MR) is 123 cm³/mol. The molecule has 0 aliphatic heterocycles. The first-order valence-electron chi connectivity index (χ1n) is 9.43. The highest BCUT2D eigenvalue weighted by Crippen LogP contribution is 2.39. The number of hydrogen-bond acceptors (Lipinski definition) is 13. The van der Waals surface area contributed by atoms with Crippen LogP contribution in [-0.2, 0) is 38.4 Å². The van der Waals surface area contributed by atoms with Crippen LogP contribution in [-0.4, -0.2) is 46.4 Å². The molecule has 0 radical (unpaired) electrons. The molecular formula is C18H16N3O12S3+. The Kier molecular flexibility index (Phi) is 7.39. The molecule has 3 aromatic rings. The van der Waals surface area contributed by atoms with E-state index in [1.807, 2.05) is 0 Å². The van der Waals surface area contributed by atoms with Crippen molar-refractivity contribution >= 4 is 58.5 Å². The monoisotopic (exact) mass is 562 g/mol. The second kappa shape index (κ2) is 9.84. The quantitative estimate of drug-likeness (QED) is 0.166. The maximum atomic E-state index is 12.2. The zero-order valence-corrected chi connectivity index (χ0v) is 20.3. The van der Waals surface area contributed by atoms with Crippen LogP contribution >= 0.6 is 0 Å². The first-order valence-corrected chi connectivity index (χ1v) is 13.6. The third kappa shape index (κ3) is 5.98. The third-order valence-electron chi connectivity index (χ3n) is 4.37. The van der Waals surface area contributed by atoms with Crippen LogP contribution in [0.1, 0.15) is 8.35 Å². The summed E-state index contributed by atoms with van der Waals surface area (Å²) >= 11 is 0. The fraction of sp³-hybridized carbons (Fsp3) is 0.111. The van der Waals surface area contributed by atoms with Gasteiger partial charge in [0.2, 0.25) is 0 Å². The van der Waals surface area contributed by atoms with Crippen LogP contribution in [0, 0.1) is 10.1 Å². The number of nitro groups is 1. The molecule has 0 spiro atoms. The Balaban J connectivity index is 0.00000481. The van der Waals surface area contributed by atoms with E-state index in [0.29, 0.717) is 11.5 Å². The van der Waals surface area contributed by atoms with E-state index in [1.54, 1.807) is 0 Å². The lowest BCUT2D eigenvalue weighted by atomic mass is 10.1. The molecule has 0 bridgehead atoms. The Bertz CT molecular complexity index is 1720. The minimum Gasteiger partial charge on any atom is -0.506 e. The maximum absolute atomic E-state index is 12.2. The van der Waals surface area contributed by atoms with E-state index in [0.717, 1.165) is 24.3 Å². The van der Waals surface area contributed by atoms with E-state index in [2.05, 4.69) is 18.0 Å². The highest BCUT2D eigenvalue weighted by molar-refractivity contribution is 7.97. The van der Waals surface area contributed by atoms with Crippen molar-refractivity contribution in [1.29, 1.82) is 0 Å². The lowest BCUT2D eigenvalue weighted by Crippen LogP contribution is -2.16. The molecule has 0 saturated carbocycles. The highest BCUT2D eigenvalue weighted by Gasteiger charge is 2.28. The predicted octanol–water partition coefficient (Wildman–Crippen LogP) is 3.21. The summed E-state index contributed by atoms with van der Waals surface area (Å²) in [5.41, 5.74) is -1.74. The van der Waals surface area contributed by atoms with E-state index in [9.17, 15) is 45.0 Å². The number of rotatable bonds is 9. The molecule has 3 rings (SSSR count). The van der Waals surface area contributed by atoms with Gasteiger partial charge < -0.3 is 5.11 Å². The van der Waals surface area contributed by atoms with Gasteiger partial charge in [-0.25, -0.2) is 4.18 Å². The molecule has 0 fully saturated rings. The summed E-state index contributed by atoms with van der Waals surface area (Å²) in [6.45, 7) is 0.833. The van der Waals surface area contributed by atoms with E-state index >= 15 is 0 Å². The normalized spacial score (nSPS) is 12.8. The van der Waals surface area contributed by atoms with Gasteiger partial charge in [-0.1, -0.05) is 12.1 Å². The Morgan fingerprint density at radius 3 is 2.22 bits per heavy atom. The molecule has 0 unspecified atom stereocenters. The van der Waals surface area contributed by atoms with Crippen molar-refractivity contribution in [3.05, 3.63) is 58.6 Å². The van der Waals surface area contributed by atoms with E-state index in [1.165, 1.54) is 25.1 Å². The molecular weight excluding hydrogens is 546 g/mol. The summed E-state index contributed by atoms with van der Waals surface area (Å²) in [5, 5.41) is 29.5. The fourth-order valence-electron chi connectivity index (χ4n) is 2.84. The maximum Gasteiger partial charge on any atom is 1.00 e. The molecule has 0 atom stereocenters. The summed E-state index contributed by atoms with van der Waals surface area (Å²) < 4.78 is 87.9. The van der Waals surface area contributed by atoms with Crippen molar-refractivity contribution in [1.82, 2.24) is 0 Å². The van der Waals surface area contributed by atoms with E-state index in [4.69, 9.17) is 0 Å². The number of aromatic hydroxyl groups is 1. The van der Waals surface area contributed by atoms with Gasteiger partial charge in [0.05, 0.1) is 16.4 Å². The second-order valence-electron chi connectivity index (χ2n) is 6.74. The molecule has 2 N–H and O–H groups in total. The summed E-state index contributed by atoms with van der Waals surface area (Å²) in [6, 6.07) is 8.10. The molecule has 18 heteroatoms. The lowest BCUT2D eigenvalue weighted by molar-refractivity contribution is -0.384. The van der Waals surface area contributed by atoms with Gasteiger partial charge in [-0.2, -0.15) is 25.3 Å². The number of phenolic OH excluding ortho intramolecular Hbond substituents is 1. The number of nitrogens with zero attached hydrogens (tertiary/aromatic N) is 3. The molecule has 0 aliphatic rings. The average Bonchev–Trinajstić information content (AvgIpc) is 2.76. The van der Waals surface area contributed by atoms with Crippen LogP contribution in [0.4, 0.5) is 17.1 Å². The smallest absolute Gasteiger partial charge is 0.506 e. The van der Waals surface area contributed by atoms with Gasteiger partial charge in [0.1, 0.15) is 16.3 Å². The Hall–Kier alpha value is -3.55. The SMILES string of the molecule is CCOS(=O)(=O)OS(=O)(=O)c1ccc(N=Nc2c(O)ccc3ccc(S(=O)(=O)O)cc23)c([N+](=O)[O-])c1.[H+]. The molecule has 36 heavy (non-hydrogen) atoms. The van der Waals surface area contributed by atoms with Crippen molar-refractivity contribution in [2.45, 2.75) is 16.7 Å². The van der Waals surface area contributed by atoms with Gasteiger partial charge >= 0.3 is 21.9 Å². The van der Waals surface area contributed by atoms with Gasteiger partial charge in [-0.15, -0.1) is 13.9 Å². The van der Waals surface area contributed by atoms with Crippen LogP contribution in [0.5, 0.6) is 5.75 Å². The van der Waals surface area contributed by atoms with Gasteiger partial charge in [-0.05, 0) is 42.6 Å². The van der Waals surface area contributed by atoms with Crippen LogP contribution in [0.2, 0.25) is 0 Å². The summed E-state index contributed by atoms with van der Waals surface area (Å²) in [4.78, 5) is 9.08. The molecule has 0 aromatic heterocycles. The van der Waals surface area contributed by atoms with Crippen LogP contribution < -0.4 is 0 Å². The van der Waals surface area contributed by atoms with Crippen molar-refractivity contribution in [2.75, 3.05) is 6.61 Å². The van der Waals surface area contributed by atoms with Crippen LogP contribution in [0.3, 0.4) is 0 Å². The van der Waals surface area contributed by atoms with Crippen LogP contribution in [0.15, 0.2) is 68.6 Å². The first kappa shape index (κ1) is 27.0. The Labute approximate surface area is 205 Å². The minimum atomic E-state index is -5.04. The summed E-state index contributed by atoms with van der Waals surface area (Å²) in [7, 11) is -14.6. The Morgan fingerprint density at radius 1 is 0.972 bits per heavy atom. The zero-order valence-electron chi connectivity index (χ0n) is 18.9. The molecule has 0 saturated heterocycles. The molecule has 0 aliphatic carbocycles.